The molecule has 2 atom stereocenters. The second-order valence-corrected chi connectivity index (χ2v) is 4.96. The SMILES string of the molecule is CCC(CC1CC1)NC(=O)N[C@H](CC(N)=O)C(=O)O. The highest BCUT2D eigenvalue weighted by Crippen LogP contribution is 2.33. The fourth-order valence-corrected chi connectivity index (χ4v) is 1.87. The van der Waals surface area contributed by atoms with Crippen LogP contribution in [0.3, 0.4) is 0 Å². The molecule has 0 spiro atoms. The number of nitrogens with one attached hydrogen (secondary N) is 2. The van der Waals surface area contributed by atoms with E-state index in [1.165, 1.54) is 12.8 Å². The number of carboxylic acids is 1. The first-order valence-electron chi connectivity index (χ1n) is 6.50. The van der Waals surface area contributed by atoms with Crippen molar-refractivity contribution in [2.24, 2.45) is 11.7 Å². The maximum absolute atomic E-state index is 11.7. The molecule has 3 amide bonds. The molecule has 1 rings (SSSR count). The monoisotopic (exact) mass is 271 g/mol. The molecule has 7 heteroatoms. The average molecular weight is 271 g/mol. The lowest BCUT2D eigenvalue weighted by Crippen LogP contribution is -2.50. The maximum Gasteiger partial charge on any atom is 0.326 e. The van der Waals surface area contributed by atoms with Crippen LogP contribution in [0.5, 0.6) is 0 Å². The molecule has 7 nitrogen and oxygen atoms in total. The molecule has 0 aromatic carbocycles. The molecule has 0 heterocycles. The summed E-state index contributed by atoms with van der Waals surface area (Å²) in [7, 11) is 0. The van der Waals surface area contributed by atoms with Gasteiger partial charge >= 0.3 is 12.0 Å². The van der Waals surface area contributed by atoms with Crippen LogP contribution in [-0.4, -0.2) is 35.1 Å². The minimum atomic E-state index is -1.28. The Balaban J connectivity index is 2.41. The van der Waals surface area contributed by atoms with E-state index in [4.69, 9.17) is 10.8 Å². The summed E-state index contributed by atoms with van der Waals surface area (Å²) in [4.78, 5) is 33.3. The van der Waals surface area contributed by atoms with Crippen molar-refractivity contribution in [3.8, 4) is 0 Å². The first-order chi connectivity index (χ1) is 8.92. The zero-order chi connectivity index (χ0) is 14.4. The molecule has 0 aromatic heterocycles. The first-order valence-corrected chi connectivity index (χ1v) is 6.50. The summed E-state index contributed by atoms with van der Waals surface area (Å²) in [6.07, 6.45) is 3.68. The van der Waals surface area contributed by atoms with Gasteiger partial charge in [0.25, 0.3) is 0 Å². The van der Waals surface area contributed by atoms with Gasteiger partial charge in [-0.25, -0.2) is 9.59 Å². The van der Waals surface area contributed by atoms with Crippen LogP contribution >= 0.6 is 0 Å². The van der Waals surface area contributed by atoms with Gasteiger partial charge in [-0.1, -0.05) is 19.8 Å². The van der Waals surface area contributed by atoms with Crippen LogP contribution in [0.15, 0.2) is 0 Å². The smallest absolute Gasteiger partial charge is 0.326 e. The average Bonchev–Trinajstić information content (AvgIpc) is 3.10. The zero-order valence-electron chi connectivity index (χ0n) is 11.0. The third kappa shape index (κ3) is 6.08. The highest BCUT2D eigenvalue weighted by Gasteiger charge is 2.27. The zero-order valence-corrected chi connectivity index (χ0v) is 11.0. The molecular formula is C12H21N3O4. The molecule has 0 aliphatic heterocycles. The highest BCUT2D eigenvalue weighted by molar-refractivity contribution is 5.87. The molecule has 1 aliphatic rings. The molecular weight excluding hydrogens is 250 g/mol. The van der Waals surface area contributed by atoms with Gasteiger partial charge in [-0.2, -0.15) is 0 Å². The number of carbonyl (C=O) groups is 3. The second-order valence-electron chi connectivity index (χ2n) is 4.96. The van der Waals surface area contributed by atoms with Gasteiger partial charge in [0.15, 0.2) is 0 Å². The van der Waals surface area contributed by atoms with Gasteiger partial charge < -0.3 is 21.5 Å². The number of carboxylic acid groups (broad SMARTS) is 1. The predicted octanol–water partition coefficient (Wildman–Crippen LogP) is 0.193. The van der Waals surface area contributed by atoms with Gasteiger partial charge in [-0.05, 0) is 18.8 Å². The Kier molecular flexibility index (Phi) is 5.59. The van der Waals surface area contributed by atoms with Crippen LogP contribution in [0.2, 0.25) is 0 Å². The van der Waals surface area contributed by atoms with Gasteiger partial charge in [0.2, 0.25) is 5.91 Å². The van der Waals surface area contributed by atoms with E-state index < -0.39 is 30.4 Å². The summed E-state index contributed by atoms with van der Waals surface area (Å²) in [5.41, 5.74) is 4.93. The summed E-state index contributed by atoms with van der Waals surface area (Å²) in [6.45, 7) is 1.96. The Bertz CT molecular complexity index is 355. The molecule has 108 valence electrons. The van der Waals surface area contributed by atoms with E-state index in [0.717, 1.165) is 12.8 Å². The van der Waals surface area contributed by atoms with Crippen LogP contribution in [0.1, 0.15) is 39.0 Å². The van der Waals surface area contributed by atoms with E-state index in [2.05, 4.69) is 10.6 Å². The van der Waals surface area contributed by atoms with Crippen molar-refractivity contribution in [2.75, 3.05) is 0 Å². The van der Waals surface area contributed by atoms with Crippen molar-refractivity contribution >= 4 is 17.9 Å². The third-order valence-electron chi connectivity index (χ3n) is 3.15. The van der Waals surface area contributed by atoms with Crippen LogP contribution < -0.4 is 16.4 Å². The van der Waals surface area contributed by atoms with Crippen LogP contribution in [0.4, 0.5) is 4.79 Å². The Morgan fingerprint density at radius 1 is 1.32 bits per heavy atom. The fraction of sp³-hybridized carbons (Fsp3) is 0.750. The first kappa shape index (κ1) is 15.3. The summed E-state index contributed by atoms with van der Waals surface area (Å²) in [5, 5.41) is 13.9. The van der Waals surface area contributed by atoms with Crippen molar-refractivity contribution in [3.05, 3.63) is 0 Å². The number of carbonyl (C=O) groups excluding carboxylic acids is 2. The van der Waals surface area contributed by atoms with Crippen molar-refractivity contribution in [1.82, 2.24) is 10.6 Å². The molecule has 1 saturated carbocycles. The van der Waals surface area contributed by atoms with Crippen molar-refractivity contribution in [3.63, 3.8) is 0 Å². The van der Waals surface area contributed by atoms with E-state index in [1.807, 2.05) is 6.92 Å². The summed E-state index contributed by atoms with van der Waals surface area (Å²) in [6, 6.07) is -1.81. The lowest BCUT2D eigenvalue weighted by Gasteiger charge is -2.19. The summed E-state index contributed by atoms with van der Waals surface area (Å²) in [5.74, 6) is -1.37. The number of amides is 3. The van der Waals surface area contributed by atoms with Crippen molar-refractivity contribution < 1.29 is 19.5 Å². The lowest BCUT2D eigenvalue weighted by molar-refractivity contribution is -0.140. The minimum Gasteiger partial charge on any atom is -0.480 e. The van der Waals surface area contributed by atoms with Crippen LogP contribution in [0, 0.1) is 5.92 Å². The standard InChI is InChI=1S/C12H21N3O4/c1-2-8(5-7-3-4-7)14-12(19)15-9(11(17)18)6-10(13)16/h7-9H,2-6H2,1H3,(H2,13,16)(H,17,18)(H2,14,15,19)/t8?,9-/m1/s1. The lowest BCUT2D eigenvalue weighted by atomic mass is 10.1. The third-order valence-corrected chi connectivity index (χ3v) is 3.15. The Hall–Kier alpha value is -1.79. The molecule has 1 fully saturated rings. The number of hydrogen-bond acceptors (Lipinski definition) is 3. The highest BCUT2D eigenvalue weighted by atomic mass is 16.4. The van der Waals surface area contributed by atoms with E-state index in [0.29, 0.717) is 5.92 Å². The molecule has 0 bridgehead atoms. The van der Waals surface area contributed by atoms with Gasteiger partial charge in [-0.15, -0.1) is 0 Å². The molecule has 1 aliphatic carbocycles. The number of rotatable bonds is 8. The van der Waals surface area contributed by atoms with E-state index >= 15 is 0 Å². The number of nitrogens with two attached hydrogens (primary N) is 1. The maximum atomic E-state index is 11.7. The molecule has 1 unspecified atom stereocenters. The predicted molar refractivity (Wildman–Crippen MR) is 68.3 cm³/mol. The molecule has 5 N–H and O–H groups in total. The van der Waals surface area contributed by atoms with Crippen LogP contribution in [0.25, 0.3) is 0 Å². The summed E-state index contributed by atoms with van der Waals surface area (Å²) >= 11 is 0. The van der Waals surface area contributed by atoms with Crippen molar-refractivity contribution in [1.29, 1.82) is 0 Å². The minimum absolute atomic E-state index is 0.0375. The van der Waals surface area contributed by atoms with Crippen LogP contribution in [-0.2, 0) is 9.59 Å². The number of urea groups is 1. The van der Waals surface area contributed by atoms with Gasteiger partial charge in [0.05, 0.1) is 6.42 Å². The van der Waals surface area contributed by atoms with E-state index in [9.17, 15) is 14.4 Å². The quantitative estimate of drug-likeness (QED) is 0.503. The van der Waals surface area contributed by atoms with E-state index in [-0.39, 0.29) is 6.04 Å². The largest absolute Gasteiger partial charge is 0.480 e. The molecule has 0 saturated heterocycles. The Morgan fingerprint density at radius 2 is 1.95 bits per heavy atom. The number of aliphatic carboxylic acids is 1. The van der Waals surface area contributed by atoms with Gasteiger partial charge in [0.1, 0.15) is 6.04 Å². The van der Waals surface area contributed by atoms with E-state index in [1.54, 1.807) is 0 Å². The van der Waals surface area contributed by atoms with Gasteiger partial charge in [0, 0.05) is 6.04 Å². The number of hydrogen-bond donors (Lipinski definition) is 4. The molecule has 19 heavy (non-hydrogen) atoms. The normalized spacial score (nSPS) is 17.3. The van der Waals surface area contributed by atoms with Crippen molar-refractivity contribution in [2.45, 2.75) is 51.1 Å². The topological polar surface area (TPSA) is 122 Å². The second kappa shape index (κ2) is 6.96. The fourth-order valence-electron chi connectivity index (χ4n) is 1.87. The summed E-state index contributed by atoms with van der Waals surface area (Å²) < 4.78 is 0. The van der Waals surface area contributed by atoms with Gasteiger partial charge in [-0.3, -0.25) is 4.79 Å². The molecule has 0 aromatic rings. The Morgan fingerprint density at radius 3 is 2.37 bits per heavy atom. The number of primary amides is 1. The Labute approximate surface area is 111 Å². The molecule has 0 radical (unpaired) electrons.